The molecule has 0 radical (unpaired) electrons. The fraction of sp³-hybridized carbons (Fsp3) is 0.381. The molecule has 1 amide bonds. The maximum atomic E-state index is 12.7. The molecule has 4 heteroatoms. The van der Waals surface area contributed by atoms with Crippen LogP contribution in [-0.2, 0) is 4.79 Å². The van der Waals surface area contributed by atoms with Crippen LogP contribution in [0.3, 0.4) is 0 Å². The van der Waals surface area contributed by atoms with Gasteiger partial charge in [0.15, 0.2) is 0 Å². The predicted molar refractivity (Wildman–Crippen MR) is 105 cm³/mol. The summed E-state index contributed by atoms with van der Waals surface area (Å²) in [5.74, 6) is 0.643. The molecule has 1 aliphatic carbocycles. The second-order valence-corrected chi connectivity index (χ2v) is 6.68. The van der Waals surface area contributed by atoms with Gasteiger partial charge in [0.2, 0.25) is 5.91 Å². The monoisotopic (exact) mass is 358 g/mol. The number of hydrogen-bond acceptors (Lipinski definition) is 2. The van der Waals surface area contributed by atoms with Crippen molar-refractivity contribution in [1.82, 2.24) is 5.32 Å². The predicted octanol–water partition coefficient (Wildman–Crippen LogP) is 3.87. The molecule has 134 valence electrons. The molecule has 2 unspecified atom stereocenters. The van der Waals surface area contributed by atoms with Gasteiger partial charge < -0.3 is 11.1 Å². The second-order valence-electron chi connectivity index (χ2n) is 6.68. The van der Waals surface area contributed by atoms with Gasteiger partial charge in [0.1, 0.15) is 0 Å². The van der Waals surface area contributed by atoms with Crippen molar-refractivity contribution in [2.24, 2.45) is 11.7 Å². The molecule has 2 aromatic carbocycles. The standard InChI is InChI=1S/C21H26N2O.ClH/c22-15-18-12-7-13-20(18)23-21(24)14-19(16-8-3-1-4-9-16)17-10-5-2-6-11-17;/h1-6,8-11,18-20H,7,12-15,22H2,(H,23,24);1H. The molecule has 3 rings (SSSR count). The number of carbonyl (C=O) groups excluding carboxylic acids is 1. The smallest absolute Gasteiger partial charge is 0.221 e. The Labute approximate surface area is 156 Å². The Kier molecular flexibility index (Phi) is 7.48. The minimum atomic E-state index is 0. The summed E-state index contributed by atoms with van der Waals surface area (Å²) in [5, 5.41) is 3.23. The van der Waals surface area contributed by atoms with Gasteiger partial charge in [-0.3, -0.25) is 4.79 Å². The number of amides is 1. The molecule has 1 aliphatic rings. The van der Waals surface area contributed by atoms with E-state index in [2.05, 4.69) is 29.6 Å². The summed E-state index contributed by atoms with van der Waals surface area (Å²) in [7, 11) is 0. The third-order valence-corrected chi connectivity index (χ3v) is 5.10. The molecule has 3 N–H and O–H groups in total. The lowest BCUT2D eigenvalue weighted by atomic mass is 9.88. The van der Waals surface area contributed by atoms with Crippen molar-refractivity contribution in [3.63, 3.8) is 0 Å². The Hall–Kier alpha value is -1.84. The molecule has 0 spiro atoms. The molecule has 1 saturated carbocycles. The largest absolute Gasteiger partial charge is 0.353 e. The van der Waals surface area contributed by atoms with Crippen LogP contribution in [-0.4, -0.2) is 18.5 Å². The topological polar surface area (TPSA) is 55.1 Å². The van der Waals surface area contributed by atoms with Crippen LogP contribution in [0.5, 0.6) is 0 Å². The van der Waals surface area contributed by atoms with Crippen LogP contribution >= 0.6 is 12.4 Å². The van der Waals surface area contributed by atoms with Crippen LogP contribution in [0, 0.1) is 5.92 Å². The highest BCUT2D eigenvalue weighted by molar-refractivity contribution is 5.85. The summed E-state index contributed by atoms with van der Waals surface area (Å²) in [4.78, 5) is 12.7. The summed E-state index contributed by atoms with van der Waals surface area (Å²) < 4.78 is 0. The summed E-state index contributed by atoms with van der Waals surface area (Å²) in [5.41, 5.74) is 8.19. The van der Waals surface area contributed by atoms with Crippen LogP contribution in [0.4, 0.5) is 0 Å². The number of nitrogens with one attached hydrogen (secondary N) is 1. The molecule has 0 heterocycles. The van der Waals surface area contributed by atoms with E-state index in [-0.39, 0.29) is 30.3 Å². The van der Waals surface area contributed by atoms with Crippen molar-refractivity contribution in [3.05, 3.63) is 71.8 Å². The lowest BCUT2D eigenvalue weighted by Gasteiger charge is -2.22. The van der Waals surface area contributed by atoms with Crippen LogP contribution < -0.4 is 11.1 Å². The van der Waals surface area contributed by atoms with Crippen LogP contribution in [0.15, 0.2) is 60.7 Å². The zero-order valence-corrected chi connectivity index (χ0v) is 15.3. The van der Waals surface area contributed by atoms with E-state index in [1.54, 1.807) is 0 Å². The first-order valence-electron chi connectivity index (χ1n) is 8.87. The maximum absolute atomic E-state index is 12.7. The average Bonchev–Trinajstić information content (AvgIpc) is 3.08. The molecule has 3 nitrogen and oxygen atoms in total. The van der Waals surface area contributed by atoms with Crippen molar-refractivity contribution >= 4 is 18.3 Å². The van der Waals surface area contributed by atoms with Gasteiger partial charge in [-0.15, -0.1) is 12.4 Å². The van der Waals surface area contributed by atoms with Crippen LogP contribution in [0.1, 0.15) is 42.7 Å². The Morgan fingerprint density at radius 1 is 1.00 bits per heavy atom. The first-order valence-corrected chi connectivity index (χ1v) is 8.87. The molecule has 1 fully saturated rings. The second kappa shape index (κ2) is 9.59. The third-order valence-electron chi connectivity index (χ3n) is 5.10. The Morgan fingerprint density at radius 2 is 1.56 bits per heavy atom. The van der Waals surface area contributed by atoms with Gasteiger partial charge in [-0.05, 0) is 36.4 Å². The number of benzene rings is 2. The zero-order valence-electron chi connectivity index (χ0n) is 14.4. The van der Waals surface area contributed by atoms with Gasteiger partial charge in [0.25, 0.3) is 0 Å². The van der Waals surface area contributed by atoms with Crippen molar-refractivity contribution in [3.8, 4) is 0 Å². The minimum absolute atomic E-state index is 0. The fourth-order valence-corrected chi connectivity index (χ4v) is 3.76. The summed E-state index contributed by atoms with van der Waals surface area (Å²) >= 11 is 0. The molecule has 0 aromatic heterocycles. The summed E-state index contributed by atoms with van der Waals surface area (Å²) in [6.07, 6.45) is 3.81. The van der Waals surface area contributed by atoms with Crippen LogP contribution in [0.25, 0.3) is 0 Å². The number of carbonyl (C=O) groups is 1. The van der Waals surface area contributed by atoms with Gasteiger partial charge in [-0.1, -0.05) is 67.1 Å². The van der Waals surface area contributed by atoms with Crippen molar-refractivity contribution in [2.75, 3.05) is 6.54 Å². The number of halogens is 1. The highest BCUT2D eigenvalue weighted by Gasteiger charge is 2.28. The fourth-order valence-electron chi connectivity index (χ4n) is 3.76. The van der Waals surface area contributed by atoms with E-state index in [4.69, 9.17) is 5.73 Å². The lowest BCUT2D eigenvalue weighted by Crippen LogP contribution is -2.40. The van der Waals surface area contributed by atoms with Crippen molar-refractivity contribution in [2.45, 2.75) is 37.6 Å². The molecule has 25 heavy (non-hydrogen) atoms. The number of nitrogens with two attached hydrogens (primary N) is 1. The van der Waals surface area contributed by atoms with Crippen molar-refractivity contribution < 1.29 is 4.79 Å². The first-order chi connectivity index (χ1) is 11.8. The Morgan fingerprint density at radius 3 is 2.08 bits per heavy atom. The van der Waals surface area contributed by atoms with E-state index in [1.165, 1.54) is 11.1 Å². The molecular weight excluding hydrogens is 332 g/mol. The zero-order chi connectivity index (χ0) is 16.8. The van der Waals surface area contributed by atoms with Crippen molar-refractivity contribution in [1.29, 1.82) is 0 Å². The van der Waals surface area contributed by atoms with E-state index in [0.29, 0.717) is 18.9 Å². The third kappa shape index (κ3) is 5.07. The van der Waals surface area contributed by atoms with E-state index in [1.807, 2.05) is 36.4 Å². The van der Waals surface area contributed by atoms with E-state index in [0.717, 1.165) is 19.3 Å². The Balaban J connectivity index is 0.00000225. The van der Waals surface area contributed by atoms with E-state index >= 15 is 0 Å². The molecule has 0 aliphatic heterocycles. The van der Waals surface area contributed by atoms with E-state index in [9.17, 15) is 4.79 Å². The molecule has 2 aromatic rings. The molecule has 0 saturated heterocycles. The normalized spacial score (nSPS) is 19.4. The number of hydrogen-bond donors (Lipinski definition) is 2. The summed E-state index contributed by atoms with van der Waals surface area (Å²) in [6.45, 7) is 0.658. The number of rotatable bonds is 6. The average molecular weight is 359 g/mol. The van der Waals surface area contributed by atoms with Gasteiger partial charge >= 0.3 is 0 Å². The van der Waals surface area contributed by atoms with Gasteiger partial charge in [0, 0.05) is 18.4 Å². The maximum Gasteiger partial charge on any atom is 0.221 e. The van der Waals surface area contributed by atoms with Crippen LogP contribution in [0.2, 0.25) is 0 Å². The van der Waals surface area contributed by atoms with Gasteiger partial charge in [-0.2, -0.15) is 0 Å². The molecule has 2 atom stereocenters. The first kappa shape index (κ1) is 19.5. The molecular formula is C21H27ClN2O. The van der Waals surface area contributed by atoms with E-state index < -0.39 is 0 Å². The van der Waals surface area contributed by atoms with Gasteiger partial charge in [-0.25, -0.2) is 0 Å². The molecule has 0 bridgehead atoms. The highest BCUT2D eigenvalue weighted by Crippen LogP contribution is 2.29. The SMILES string of the molecule is Cl.NCC1CCCC1NC(=O)CC(c1ccccc1)c1ccccc1. The highest BCUT2D eigenvalue weighted by atomic mass is 35.5. The quantitative estimate of drug-likeness (QED) is 0.823. The Bertz CT molecular complexity index is 608. The minimum Gasteiger partial charge on any atom is -0.353 e. The lowest BCUT2D eigenvalue weighted by molar-refractivity contribution is -0.122. The van der Waals surface area contributed by atoms with Gasteiger partial charge in [0.05, 0.1) is 0 Å². The summed E-state index contributed by atoms with van der Waals surface area (Å²) in [6, 6.07) is 20.8.